The Morgan fingerprint density at radius 1 is 1.53 bits per heavy atom. The fourth-order valence-corrected chi connectivity index (χ4v) is 1.18. The van der Waals surface area contributed by atoms with Gasteiger partial charge in [0.05, 0.1) is 11.6 Å². The van der Waals surface area contributed by atoms with Gasteiger partial charge in [-0.25, -0.2) is 9.97 Å². The van der Waals surface area contributed by atoms with Crippen LogP contribution < -0.4 is 11.1 Å². The second kappa shape index (κ2) is 4.32. The molecule has 6 heteroatoms. The number of hydrogen-bond donors (Lipinski definition) is 3. The first-order valence-corrected chi connectivity index (χ1v) is 5.36. The first-order chi connectivity index (χ1) is 6.84. The molecular formula is C9H15BrN4O. The summed E-state index contributed by atoms with van der Waals surface area (Å²) >= 11 is 3.29. The number of nitrogens with two attached hydrogens (primary N) is 1. The molecule has 1 atom stereocenters. The van der Waals surface area contributed by atoms with Crippen LogP contribution in [0.15, 0.2) is 10.8 Å². The minimum Gasteiger partial charge on any atom is -0.391 e. The smallest absolute Gasteiger partial charge is 0.146 e. The molecule has 0 fully saturated rings. The van der Waals surface area contributed by atoms with Gasteiger partial charge < -0.3 is 16.2 Å². The molecule has 0 saturated carbocycles. The molecule has 5 nitrogen and oxygen atoms in total. The van der Waals surface area contributed by atoms with E-state index in [2.05, 4.69) is 31.2 Å². The van der Waals surface area contributed by atoms with Crippen LogP contribution in [-0.4, -0.2) is 26.7 Å². The van der Waals surface area contributed by atoms with E-state index in [1.165, 1.54) is 6.33 Å². The second-order valence-electron chi connectivity index (χ2n) is 3.94. The highest BCUT2D eigenvalue weighted by atomic mass is 79.9. The van der Waals surface area contributed by atoms with Gasteiger partial charge in [-0.3, -0.25) is 0 Å². The van der Waals surface area contributed by atoms with Crippen LogP contribution in [-0.2, 0) is 0 Å². The van der Waals surface area contributed by atoms with Crippen LogP contribution in [0.3, 0.4) is 0 Å². The van der Waals surface area contributed by atoms with Gasteiger partial charge in [0, 0.05) is 0 Å². The fourth-order valence-electron chi connectivity index (χ4n) is 0.880. The summed E-state index contributed by atoms with van der Waals surface area (Å²) in [5, 5.41) is 12.6. The molecule has 1 rings (SSSR count). The molecule has 0 aliphatic carbocycles. The molecule has 1 aromatic rings. The minimum absolute atomic E-state index is 0.369. The molecule has 0 amide bonds. The molecule has 0 aromatic carbocycles. The summed E-state index contributed by atoms with van der Waals surface area (Å²) in [4.78, 5) is 7.88. The van der Waals surface area contributed by atoms with Crippen LogP contribution in [0.5, 0.6) is 0 Å². The van der Waals surface area contributed by atoms with Crippen molar-refractivity contribution in [1.82, 2.24) is 9.97 Å². The third kappa shape index (κ3) is 2.79. The molecule has 0 saturated heterocycles. The predicted molar refractivity (Wildman–Crippen MR) is 63.5 cm³/mol. The molecule has 84 valence electrons. The topological polar surface area (TPSA) is 84.1 Å². The fraction of sp³-hybridized carbons (Fsp3) is 0.556. The van der Waals surface area contributed by atoms with E-state index in [0.29, 0.717) is 16.1 Å². The van der Waals surface area contributed by atoms with Crippen molar-refractivity contribution in [3.63, 3.8) is 0 Å². The molecule has 15 heavy (non-hydrogen) atoms. The minimum atomic E-state index is -0.513. The van der Waals surface area contributed by atoms with Crippen LogP contribution in [0, 0.1) is 0 Å². The lowest BCUT2D eigenvalue weighted by atomic mass is 9.99. The molecule has 4 N–H and O–H groups in total. The Morgan fingerprint density at radius 2 is 2.13 bits per heavy atom. The molecule has 1 aromatic heterocycles. The number of nitrogen functional groups attached to an aromatic ring is 1. The van der Waals surface area contributed by atoms with E-state index in [9.17, 15) is 5.11 Å². The maximum Gasteiger partial charge on any atom is 0.146 e. The van der Waals surface area contributed by atoms with E-state index in [1.807, 2.05) is 13.8 Å². The normalized spacial score (nSPS) is 13.7. The van der Waals surface area contributed by atoms with Crippen molar-refractivity contribution in [2.45, 2.75) is 32.4 Å². The summed E-state index contributed by atoms with van der Waals surface area (Å²) in [7, 11) is 0. The number of rotatable bonds is 3. The van der Waals surface area contributed by atoms with Gasteiger partial charge in [-0.05, 0) is 36.7 Å². The lowest BCUT2D eigenvalue weighted by Gasteiger charge is -2.30. The molecule has 1 heterocycles. The summed E-state index contributed by atoms with van der Waals surface area (Å²) in [6.07, 6.45) is 0.862. The maximum atomic E-state index is 9.55. The highest BCUT2D eigenvalue weighted by molar-refractivity contribution is 9.10. The Balaban J connectivity index is 2.95. The number of aromatic nitrogens is 2. The van der Waals surface area contributed by atoms with Gasteiger partial charge in [-0.1, -0.05) is 0 Å². The SMILES string of the molecule is CC(O)C(C)(C)Nc1ncnc(N)c1Br. The third-order valence-corrected chi connectivity index (χ3v) is 3.08. The van der Waals surface area contributed by atoms with E-state index in [4.69, 9.17) is 5.73 Å². The van der Waals surface area contributed by atoms with Gasteiger partial charge in [-0.15, -0.1) is 0 Å². The van der Waals surface area contributed by atoms with Gasteiger partial charge in [0.25, 0.3) is 0 Å². The van der Waals surface area contributed by atoms with Crippen LogP contribution in [0.1, 0.15) is 20.8 Å². The number of nitrogens with one attached hydrogen (secondary N) is 1. The zero-order chi connectivity index (χ0) is 11.6. The highest BCUT2D eigenvalue weighted by Gasteiger charge is 2.25. The predicted octanol–water partition coefficient (Wildman–Crippen LogP) is 1.39. The van der Waals surface area contributed by atoms with Crippen LogP contribution in [0.4, 0.5) is 11.6 Å². The number of nitrogens with zero attached hydrogens (tertiary/aromatic N) is 2. The molecule has 0 spiro atoms. The van der Waals surface area contributed by atoms with Gasteiger partial charge in [0.15, 0.2) is 0 Å². The van der Waals surface area contributed by atoms with Crippen LogP contribution in [0.2, 0.25) is 0 Å². The Hall–Kier alpha value is -0.880. The number of halogens is 1. The zero-order valence-electron chi connectivity index (χ0n) is 8.95. The largest absolute Gasteiger partial charge is 0.391 e. The molecule has 1 unspecified atom stereocenters. The van der Waals surface area contributed by atoms with Gasteiger partial charge in [0.1, 0.15) is 22.4 Å². The maximum absolute atomic E-state index is 9.55. The number of aliphatic hydroxyl groups is 1. The summed E-state index contributed by atoms with van der Waals surface area (Å²) in [6.45, 7) is 5.47. The lowest BCUT2D eigenvalue weighted by molar-refractivity contribution is 0.133. The van der Waals surface area contributed by atoms with E-state index in [0.717, 1.165) is 0 Å². The summed E-state index contributed by atoms with van der Waals surface area (Å²) in [6, 6.07) is 0. The highest BCUT2D eigenvalue weighted by Crippen LogP contribution is 2.27. The average molecular weight is 275 g/mol. The van der Waals surface area contributed by atoms with Gasteiger partial charge in [-0.2, -0.15) is 0 Å². The van der Waals surface area contributed by atoms with Crippen molar-refractivity contribution >= 4 is 27.6 Å². The van der Waals surface area contributed by atoms with E-state index >= 15 is 0 Å². The van der Waals surface area contributed by atoms with Gasteiger partial charge >= 0.3 is 0 Å². The Kier molecular flexibility index (Phi) is 3.51. The van der Waals surface area contributed by atoms with Crippen molar-refractivity contribution in [2.75, 3.05) is 11.1 Å². The van der Waals surface area contributed by atoms with E-state index in [-0.39, 0.29) is 0 Å². The molecular weight excluding hydrogens is 260 g/mol. The van der Waals surface area contributed by atoms with E-state index in [1.54, 1.807) is 6.92 Å². The van der Waals surface area contributed by atoms with Crippen LogP contribution in [0.25, 0.3) is 0 Å². The monoisotopic (exact) mass is 274 g/mol. The zero-order valence-corrected chi connectivity index (χ0v) is 10.5. The Labute approximate surface area is 97.2 Å². The quantitative estimate of drug-likeness (QED) is 0.776. The van der Waals surface area contributed by atoms with Crippen LogP contribution >= 0.6 is 15.9 Å². The summed E-state index contributed by atoms with van der Waals surface area (Å²) in [5.41, 5.74) is 5.13. The standard InChI is InChI=1S/C9H15BrN4O/c1-5(15)9(2,3)14-8-6(10)7(11)12-4-13-8/h4-5,15H,1-3H3,(H3,11,12,13,14). The van der Waals surface area contributed by atoms with Crippen molar-refractivity contribution in [1.29, 1.82) is 0 Å². The van der Waals surface area contributed by atoms with Crippen molar-refractivity contribution < 1.29 is 5.11 Å². The summed E-state index contributed by atoms with van der Waals surface area (Å²) < 4.78 is 0.610. The third-order valence-electron chi connectivity index (χ3n) is 2.30. The average Bonchev–Trinajstić information content (AvgIpc) is 2.12. The lowest BCUT2D eigenvalue weighted by Crippen LogP contribution is -2.42. The number of aliphatic hydroxyl groups excluding tert-OH is 1. The van der Waals surface area contributed by atoms with E-state index < -0.39 is 11.6 Å². The summed E-state index contributed by atoms with van der Waals surface area (Å²) in [5.74, 6) is 0.947. The number of anilines is 2. The first kappa shape index (κ1) is 12.2. The van der Waals surface area contributed by atoms with Crippen molar-refractivity contribution in [2.24, 2.45) is 0 Å². The molecule has 0 aliphatic heterocycles. The van der Waals surface area contributed by atoms with Crippen molar-refractivity contribution in [3.05, 3.63) is 10.8 Å². The Morgan fingerprint density at radius 3 is 2.67 bits per heavy atom. The molecule has 0 bridgehead atoms. The Bertz CT molecular complexity index is 354. The first-order valence-electron chi connectivity index (χ1n) is 4.57. The van der Waals surface area contributed by atoms with Crippen molar-refractivity contribution in [3.8, 4) is 0 Å². The molecule has 0 radical (unpaired) electrons. The van der Waals surface area contributed by atoms with Gasteiger partial charge in [0.2, 0.25) is 0 Å². The molecule has 0 aliphatic rings. The number of hydrogen-bond acceptors (Lipinski definition) is 5. The second-order valence-corrected chi connectivity index (χ2v) is 4.74.